The third kappa shape index (κ3) is 6.18. The third-order valence-corrected chi connectivity index (χ3v) is 3.99. The maximum Gasteiger partial charge on any atom is 0.191 e. The van der Waals surface area contributed by atoms with Gasteiger partial charge in [0.15, 0.2) is 5.96 Å². The Morgan fingerprint density at radius 2 is 2.09 bits per heavy atom. The highest BCUT2D eigenvalue weighted by molar-refractivity contribution is 6.34. The fourth-order valence-electron chi connectivity index (χ4n) is 2.41. The number of nitrogens with zero attached hydrogens (tertiary/aromatic N) is 1. The van der Waals surface area contributed by atoms with Gasteiger partial charge in [0.25, 0.3) is 0 Å². The first-order chi connectivity index (χ1) is 11.1. The molecule has 2 atom stereocenters. The van der Waals surface area contributed by atoms with Crippen LogP contribution in [0.15, 0.2) is 23.2 Å². The maximum absolute atomic E-state index is 10.3. The molecule has 2 unspecified atom stereocenters. The lowest BCUT2D eigenvalue weighted by Gasteiger charge is -2.16. The van der Waals surface area contributed by atoms with Crippen molar-refractivity contribution >= 4 is 29.2 Å². The second kappa shape index (κ2) is 9.33. The number of hydrogen-bond donors (Lipinski definition) is 3. The Balaban J connectivity index is 1.92. The number of benzene rings is 1. The van der Waals surface area contributed by atoms with Crippen LogP contribution < -0.4 is 10.6 Å². The summed E-state index contributed by atoms with van der Waals surface area (Å²) < 4.78 is 5.58. The highest BCUT2D eigenvalue weighted by Crippen LogP contribution is 2.23. The molecule has 0 radical (unpaired) electrons. The Bertz CT molecular complexity index is 514. The molecule has 0 saturated carbocycles. The molecule has 1 aromatic carbocycles. The van der Waals surface area contributed by atoms with Crippen LogP contribution in [0.5, 0.6) is 0 Å². The number of ether oxygens (including phenoxy) is 1. The number of rotatable bonds is 6. The second-order valence-electron chi connectivity index (χ2n) is 5.45. The number of halogens is 2. The average Bonchev–Trinajstić information content (AvgIpc) is 3.02. The van der Waals surface area contributed by atoms with Crippen LogP contribution in [-0.2, 0) is 4.74 Å². The second-order valence-corrected chi connectivity index (χ2v) is 6.33. The van der Waals surface area contributed by atoms with Crippen molar-refractivity contribution in [2.24, 2.45) is 4.99 Å². The molecule has 7 heteroatoms. The molecule has 1 aliphatic rings. The molecule has 1 saturated heterocycles. The predicted molar refractivity (Wildman–Crippen MR) is 94.4 cm³/mol. The molecule has 3 N–H and O–H groups in total. The minimum Gasteiger partial charge on any atom is -0.386 e. The van der Waals surface area contributed by atoms with Crippen LogP contribution in [0.4, 0.5) is 0 Å². The van der Waals surface area contributed by atoms with E-state index in [0.717, 1.165) is 26.0 Å². The Labute approximate surface area is 147 Å². The van der Waals surface area contributed by atoms with Crippen molar-refractivity contribution < 1.29 is 9.84 Å². The summed E-state index contributed by atoms with van der Waals surface area (Å²) in [7, 11) is 0. The predicted octanol–water partition coefficient (Wildman–Crippen LogP) is 2.76. The van der Waals surface area contributed by atoms with E-state index in [-0.39, 0.29) is 12.6 Å². The van der Waals surface area contributed by atoms with Crippen LogP contribution in [0.2, 0.25) is 10.0 Å². The molecule has 0 aromatic heterocycles. The van der Waals surface area contributed by atoms with Crippen molar-refractivity contribution in [3.63, 3.8) is 0 Å². The number of guanidine groups is 1. The fourth-order valence-corrected chi connectivity index (χ4v) is 2.95. The van der Waals surface area contributed by atoms with Crippen LogP contribution in [0.3, 0.4) is 0 Å². The lowest BCUT2D eigenvalue weighted by molar-refractivity contribution is 0.113. The molecule has 0 amide bonds. The van der Waals surface area contributed by atoms with E-state index < -0.39 is 6.10 Å². The van der Waals surface area contributed by atoms with Crippen molar-refractivity contribution in [1.82, 2.24) is 10.6 Å². The largest absolute Gasteiger partial charge is 0.386 e. The van der Waals surface area contributed by atoms with E-state index in [1.807, 2.05) is 6.92 Å². The van der Waals surface area contributed by atoms with Gasteiger partial charge in [-0.15, -0.1) is 0 Å². The van der Waals surface area contributed by atoms with E-state index in [2.05, 4.69) is 15.6 Å². The summed E-state index contributed by atoms with van der Waals surface area (Å²) >= 11 is 11.9. The van der Waals surface area contributed by atoms with Crippen molar-refractivity contribution in [2.75, 3.05) is 26.2 Å². The van der Waals surface area contributed by atoms with Crippen LogP contribution in [0.1, 0.15) is 31.4 Å². The van der Waals surface area contributed by atoms with Crippen molar-refractivity contribution in [2.45, 2.75) is 32.0 Å². The fraction of sp³-hybridized carbons (Fsp3) is 0.562. The highest BCUT2D eigenvalue weighted by atomic mass is 35.5. The topological polar surface area (TPSA) is 65.9 Å². The van der Waals surface area contributed by atoms with E-state index >= 15 is 0 Å². The first kappa shape index (κ1) is 18.3. The van der Waals surface area contributed by atoms with E-state index in [9.17, 15) is 5.11 Å². The standard InChI is InChI=1S/C16H23Cl2N3O2/c1-2-19-16(20-9-14-4-3-5-23-14)21-10-15(22)11-6-12(17)8-13(18)7-11/h6-8,14-15,22H,2-5,9-10H2,1H3,(H2,19,20,21). The van der Waals surface area contributed by atoms with Gasteiger partial charge >= 0.3 is 0 Å². The van der Waals surface area contributed by atoms with Gasteiger partial charge in [-0.25, -0.2) is 0 Å². The molecule has 1 fully saturated rings. The van der Waals surface area contributed by atoms with Gasteiger partial charge in [-0.3, -0.25) is 4.99 Å². The van der Waals surface area contributed by atoms with Gasteiger partial charge in [0.2, 0.25) is 0 Å². The van der Waals surface area contributed by atoms with E-state index in [1.54, 1.807) is 18.2 Å². The number of aliphatic imine (C=N–C) groups is 1. The Morgan fingerprint density at radius 1 is 1.35 bits per heavy atom. The number of nitrogens with one attached hydrogen (secondary N) is 2. The summed E-state index contributed by atoms with van der Waals surface area (Å²) in [6, 6.07) is 5.02. The molecule has 128 valence electrons. The van der Waals surface area contributed by atoms with Crippen LogP contribution in [0, 0.1) is 0 Å². The lowest BCUT2D eigenvalue weighted by Crippen LogP contribution is -2.41. The minimum absolute atomic E-state index is 0.220. The molecule has 1 heterocycles. The zero-order valence-electron chi connectivity index (χ0n) is 13.2. The van der Waals surface area contributed by atoms with Gasteiger partial charge in [-0.1, -0.05) is 23.2 Å². The van der Waals surface area contributed by atoms with E-state index in [4.69, 9.17) is 27.9 Å². The molecule has 0 bridgehead atoms. The summed E-state index contributed by atoms with van der Waals surface area (Å²) in [5, 5.41) is 17.7. The zero-order valence-corrected chi connectivity index (χ0v) is 14.7. The first-order valence-electron chi connectivity index (χ1n) is 7.86. The van der Waals surface area contributed by atoms with Crippen LogP contribution in [-0.4, -0.2) is 43.4 Å². The summed E-state index contributed by atoms with van der Waals surface area (Å²) in [6.07, 6.45) is 1.64. The van der Waals surface area contributed by atoms with Crippen LogP contribution >= 0.6 is 23.2 Å². The Morgan fingerprint density at radius 3 is 2.70 bits per heavy atom. The zero-order chi connectivity index (χ0) is 16.7. The van der Waals surface area contributed by atoms with Crippen molar-refractivity contribution in [1.29, 1.82) is 0 Å². The average molecular weight is 360 g/mol. The van der Waals surface area contributed by atoms with E-state index in [0.29, 0.717) is 28.1 Å². The molecule has 0 aliphatic carbocycles. The summed E-state index contributed by atoms with van der Waals surface area (Å²) in [6.45, 7) is 4.50. The Kier molecular flexibility index (Phi) is 7.43. The van der Waals surface area contributed by atoms with Crippen molar-refractivity contribution in [3.05, 3.63) is 33.8 Å². The molecule has 23 heavy (non-hydrogen) atoms. The summed E-state index contributed by atoms with van der Waals surface area (Å²) in [5.41, 5.74) is 0.654. The molecule has 5 nitrogen and oxygen atoms in total. The summed E-state index contributed by atoms with van der Waals surface area (Å²) in [5.74, 6) is 0.662. The molecule has 1 aliphatic heterocycles. The smallest absolute Gasteiger partial charge is 0.191 e. The van der Waals surface area contributed by atoms with Gasteiger partial charge < -0.3 is 20.5 Å². The number of aliphatic hydroxyl groups is 1. The SMILES string of the molecule is CCNC(=NCC(O)c1cc(Cl)cc(Cl)c1)NCC1CCCO1. The molecule has 0 spiro atoms. The van der Waals surface area contributed by atoms with Gasteiger partial charge in [0.1, 0.15) is 0 Å². The molecular weight excluding hydrogens is 337 g/mol. The van der Waals surface area contributed by atoms with Gasteiger partial charge in [-0.05, 0) is 43.5 Å². The number of aliphatic hydroxyl groups excluding tert-OH is 1. The quantitative estimate of drug-likeness (QED) is 0.539. The third-order valence-electron chi connectivity index (χ3n) is 3.56. The highest BCUT2D eigenvalue weighted by Gasteiger charge is 2.16. The molecule has 1 aromatic rings. The first-order valence-corrected chi connectivity index (χ1v) is 8.62. The monoisotopic (exact) mass is 359 g/mol. The molecule has 2 rings (SSSR count). The van der Waals surface area contributed by atoms with E-state index in [1.165, 1.54) is 0 Å². The van der Waals surface area contributed by atoms with Crippen molar-refractivity contribution in [3.8, 4) is 0 Å². The summed E-state index contributed by atoms with van der Waals surface area (Å²) in [4.78, 5) is 4.41. The maximum atomic E-state index is 10.3. The van der Waals surface area contributed by atoms with Gasteiger partial charge in [0.05, 0.1) is 18.8 Å². The number of hydrogen-bond acceptors (Lipinski definition) is 3. The molecular formula is C16H23Cl2N3O2. The minimum atomic E-state index is -0.760. The Hall–Kier alpha value is -1.01. The van der Waals surface area contributed by atoms with Gasteiger partial charge in [-0.2, -0.15) is 0 Å². The van der Waals surface area contributed by atoms with Crippen LogP contribution in [0.25, 0.3) is 0 Å². The lowest BCUT2D eigenvalue weighted by atomic mass is 10.1. The van der Waals surface area contributed by atoms with Gasteiger partial charge in [0, 0.05) is 29.7 Å². The normalized spacial score (nSPS) is 19.7.